The lowest BCUT2D eigenvalue weighted by Crippen LogP contribution is -2.45. The summed E-state index contributed by atoms with van der Waals surface area (Å²) in [5.41, 5.74) is 1.80. The Labute approximate surface area is 187 Å². The molecular weight excluding hydrogens is 412 g/mol. The van der Waals surface area contributed by atoms with Gasteiger partial charge in [0.2, 0.25) is 11.9 Å². The molecule has 0 aliphatic carbocycles. The number of benzene rings is 1. The summed E-state index contributed by atoms with van der Waals surface area (Å²) in [7, 11) is 0. The molecule has 1 aliphatic rings. The molecule has 3 aromatic rings. The second-order valence-electron chi connectivity index (χ2n) is 8.15. The van der Waals surface area contributed by atoms with Crippen molar-refractivity contribution in [2.75, 3.05) is 23.3 Å². The van der Waals surface area contributed by atoms with Crippen LogP contribution in [0, 0.1) is 5.92 Å². The third kappa shape index (κ3) is 5.05. The van der Waals surface area contributed by atoms with E-state index in [9.17, 15) is 4.79 Å². The number of halogens is 1. The predicted octanol–water partition coefficient (Wildman–Crippen LogP) is 4.03. The Hall–Kier alpha value is -2.93. The van der Waals surface area contributed by atoms with Crippen LogP contribution in [0.4, 0.5) is 11.8 Å². The van der Waals surface area contributed by atoms with Crippen LogP contribution < -0.4 is 15.5 Å². The van der Waals surface area contributed by atoms with Crippen molar-refractivity contribution in [2.45, 2.75) is 39.3 Å². The maximum Gasteiger partial charge on any atom is 0.225 e. The first-order chi connectivity index (χ1) is 15.0. The molecule has 2 N–H and O–H groups in total. The normalized spacial score (nSPS) is 16.5. The van der Waals surface area contributed by atoms with Gasteiger partial charge < -0.3 is 15.5 Å². The number of piperidine rings is 1. The molecule has 8 heteroatoms. The predicted molar refractivity (Wildman–Crippen MR) is 124 cm³/mol. The fourth-order valence-corrected chi connectivity index (χ4v) is 4.08. The van der Waals surface area contributed by atoms with Gasteiger partial charge in [-0.2, -0.15) is 0 Å². The van der Waals surface area contributed by atoms with Gasteiger partial charge in [0.05, 0.1) is 16.8 Å². The molecule has 31 heavy (non-hydrogen) atoms. The summed E-state index contributed by atoms with van der Waals surface area (Å²) >= 11 is 6.23. The molecule has 3 heterocycles. The molecule has 1 amide bonds. The molecule has 4 rings (SSSR count). The molecule has 0 saturated carbocycles. The lowest BCUT2D eigenvalue weighted by atomic mass is 9.96. The first kappa shape index (κ1) is 21.3. The van der Waals surface area contributed by atoms with Crippen molar-refractivity contribution in [3.8, 4) is 0 Å². The summed E-state index contributed by atoms with van der Waals surface area (Å²) in [6.07, 6.45) is 5.41. The minimum absolute atomic E-state index is 0.0364. The van der Waals surface area contributed by atoms with Crippen LogP contribution in [0.25, 0.3) is 10.9 Å². The number of hydrogen-bond acceptors (Lipinski definition) is 6. The van der Waals surface area contributed by atoms with E-state index in [0.717, 1.165) is 41.7 Å². The van der Waals surface area contributed by atoms with Gasteiger partial charge in [-0.25, -0.2) is 15.0 Å². The molecule has 1 aliphatic heterocycles. The SMILES string of the molecule is CC(C)NC(=O)C1CCCN(c2nccc3nc(NCc4ccccc4Cl)ncc23)C1. The quantitative estimate of drug-likeness (QED) is 0.604. The molecule has 1 saturated heterocycles. The van der Waals surface area contributed by atoms with Crippen LogP contribution in [0.2, 0.25) is 5.02 Å². The van der Waals surface area contributed by atoms with Gasteiger partial charge in [-0.15, -0.1) is 0 Å². The Morgan fingerprint density at radius 1 is 1.26 bits per heavy atom. The van der Waals surface area contributed by atoms with Gasteiger partial charge in [0, 0.05) is 43.1 Å². The number of pyridine rings is 1. The van der Waals surface area contributed by atoms with Crippen molar-refractivity contribution in [3.63, 3.8) is 0 Å². The van der Waals surface area contributed by atoms with Gasteiger partial charge in [0.15, 0.2) is 0 Å². The Bertz CT molecular complexity index is 1070. The van der Waals surface area contributed by atoms with Crippen molar-refractivity contribution in [1.82, 2.24) is 20.3 Å². The molecule has 1 atom stereocenters. The standard InChI is InChI=1S/C23H27ClN6O/c1-15(2)28-22(31)17-7-5-11-30(14-17)21-18-13-27-23(29-20(18)9-10-25-21)26-12-16-6-3-4-8-19(16)24/h3-4,6,8-10,13,15,17H,5,7,11-12,14H2,1-2H3,(H,28,31)(H,26,27,29). The maximum absolute atomic E-state index is 12.5. The van der Waals surface area contributed by atoms with E-state index in [4.69, 9.17) is 11.6 Å². The minimum atomic E-state index is -0.0364. The Kier molecular flexibility index (Phi) is 6.51. The van der Waals surface area contributed by atoms with E-state index in [-0.39, 0.29) is 17.9 Å². The second kappa shape index (κ2) is 9.47. The van der Waals surface area contributed by atoms with Gasteiger partial charge in [-0.1, -0.05) is 29.8 Å². The van der Waals surface area contributed by atoms with Gasteiger partial charge in [0.25, 0.3) is 0 Å². The van der Waals surface area contributed by atoms with E-state index in [1.807, 2.05) is 44.2 Å². The third-order valence-electron chi connectivity index (χ3n) is 5.41. The molecule has 1 unspecified atom stereocenters. The summed E-state index contributed by atoms with van der Waals surface area (Å²) in [4.78, 5) is 28.4. The lowest BCUT2D eigenvalue weighted by molar-refractivity contribution is -0.125. The Morgan fingerprint density at radius 2 is 2.10 bits per heavy atom. The van der Waals surface area contributed by atoms with Crippen molar-refractivity contribution < 1.29 is 4.79 Å². The van der Waals surface area contributed by atoms with Crippen LogP contribution >= 0.6 is 11.6 Å². The molecule has 1 fully saturated rings. The molecule has 162 valence electrons. The highest BCUT2D eigenvalue weighted by Crippen LogP contribution is 2.28. The second-order valence-corrected chi connectivity index (χ2v) is 8.56. The average molecular weight is 439 g/mol. The highest BCUT2D eigenvalue weighted by Gasteiger charge is 2.27. The number of carbonyl (C=O) groups excluding carboxylic acids is 1. The summed E-state index contributed by atoms with van der Waals surface area (Å²) in [6, 6.07) is 9.73. The number of rotatable bonds is 6. The number of fused-ring (bicyclic) bond motifs is 1. The number of anilines is 2. The fourth-order valence-electron chi connectivity index (χ4n) is 3.88. The molecule has 0 radical (unpaired) electrons. The minimum Gasteiger partial charge on any atom is -0.355 e. The number of carbonyl (C=O) groups is 1. The van der Waals surface area contributed by atoms with Crippen LogP contribution in [0.1, 0.15) is 32.3 Å². The van der Waals surface area contributed by atoms with Crippen LogP contribution in [0.5, 0.6) is 0 Å². The highest BCUT2D eigenvalue weighted by atomic mass is 35.5. The Morgan fingerprint density at radius 3 is 2.90 bits per heavy atom. The largest absolute Gasteiger partial charge is 0.355 e. The van der Waals surface area contributed by atoms with E-state index in [1.54, 1.807) is 12.4 Å². The van der Waals surface area contributed by atoms with Crippen molar-refractivity contribution >= 4 is 40.2 Å². The van der Waals surface area contributed by atoms with Crippen LogP contribution in [0.15, 0.2) is 42.7 Å². The number of hydrogen-bond donors (Lipinski definition) is 2. The fraction of sp³-hybridized carbons (Fsp3) is 0.391. The maximum atomic E-state index is 12.5. The molecule has 0 bridgehead atoms. The lowest BCUT2D eigenvalue weighted by Gasteiger charge is -2.33. The summed E-state index contributed by atoms with van der Waals surface area (Å²) in [5, 5.41) is 7.87. The van der Waals surface area contributed by atoms with E-state index in [2.05, 4.69) is 30.5 Å². The topological polar surface area (TPSA) is 83.0 Å². The van der Waals surface area contributed by atoms with Crippen LogP contribution in [-0.2, 0) is 11.3 Å². The molecule has 0 spiro atoms. The van der Waals surface area contributed by atoms with Crippen LogP contribution in [0.3, 0.4) is 0 Å². The molecule has 2 aromatic heterocycles. The van der Waals surface area contributed by atoms with Gasteiger partial charge in [-0.05, 0) is 44.4 Å². The van der Waals surface area contributed by atoms with E-state index in [1.165, 1.54) is 0 Å². The highest BCUT2D eigenvalue weighted by molar-refractivity contribution is 6.31. The number of amides is 1. The number of nitrogens with zero attached hydrogens (tertiary/aromatic N) is 4. The monoisotopic (exact) mass is 438 g/mol. The molecular formula is C23H27ClN6O. The molecule has 7 nitrogen and oxygen atoms in total. The summed E-state index contributed by atoms with van der Waals surface area (Å²) < 4.78 is 0. The van der Waals surface area contributed by atoms with Crippen LogP contribution in [-0.4, -0.2) is 40.0 Å². The van der Waals surface area contributed by atoms with Crippen molar-refractivity contribution in [1.29, 1.82) is 0 Å². The van der Waals surface area contributed by atoms with E-state index < -0.39 is 0 Å². The third-order valence-corrected chi connectivity index (χ3v) is 5.77. The smallest absolute Gasteiger partial charge is 0.225 e. The van der Waals surface area contributed by atoms with Crippen molar-refractivity contribution in [3.05, 3.63) is 53.3 Å². The van der Waals surface area contributed by atoms with E-state index in [0.29, 0.717) is 24.1 Å². The molecule has 1 aromatic carbocycles. The summed E-state index contributed by atoms with van der Waals surface area (Å²) in [6.45, 7) is 6.03. The zero-order valence-corrected chi connectivity index (χ0v) is 18.6. The zero-order chi connectivity index (χ0) is 21.8. The first-order valence-electron chi connectivity index (χ1n) is 10.7. The Balaban J connectivity index is 1.51. The van der Waals surface area contributed by atoms with Gasteiger partial charge >= 0.3 is 0 Å². The van der Waals surface area contributed by atoms with E-state index >= 15 is 0 Å². The van der Waals surface area contributed by atoms with Crippen molar-refractivity contribution in [2.24, 2.45) is 5.92 Å². The van der Waals surface area contributed by atoms with Gasteiger partial charge in [-0.3, -0.25) is 4.79 Å². The van der Waals surface area contributed by atoms with Gasteiger partial charge in [0.1, 0.15) is 5.82 Å². The first-order valence-corrected chi connectivity index (χ1v) is 11.0. The average Bonchev–Trinajstić information content (AvgIpc) is 2.77. The number of aromatic nitrogens is 3. The zero-order valence-electron chi connectivity index (χ0n) is 17.8. The summed E-state index contributed by atoms with van der Waals surface area (Å²) in [5.74, 6) is 1.45. The number of nitrogens with one attached hydrogen (secondary N) is 2.